The van der Waals surface area contributed by atoms with Crippen LogP contribution in [-0.4, -0.2) is 25.7 Å². The molecule has 3 aromatic rings. The van der Waals surface area contributed by atoms with Gasteiger partial charge in [-0.15, -0.1) is 11.3 Å². The van der Waals surface area contributed by atoms with Gasteiger partial charge in [-0.05, 0) is 36.6 Å². The van der Waals surface area contributed by atoms with Gasteiger partial charge in [0.05, 0.1) is 34.1 Å². The van der Waals surface area contributed by atoms with Crippen molar-refractivity contribution in [1.82, 2.24) is 14.5 Å². The first-order valence-electron chi connectivity index (χ1n) is 8.51. The van der Waals surface area contributed by atoms with Crippen LogP contribution in [0.25, 0.3) is 21.3 Å². The van der Waals surface area contributed by atoms with Crippen LogP contribution >= 0.6 is 11.3 Å². The molecule has 1 saturated carbocycles. The van der Waals surface area contributed by atoms with Gasteiger partial charge < -0.3 is 9.67 Å². The highest BCUT2D eigenvalue weighted by Gasteiger charge is 2.32. The number of aryl methyl sites for hydroxylation is 1. The van der Waals surface area contributed by atoms with Gasteiger partial charge in [0, 0.05) is 18.9 Å². The topological polar surface area (TPSA) is 74.7 Å². The Morgan fingerprint density at radius 3 is 3.04 bits per heavy atom. The van der Waals surface area contributed by atoms with Crippen LogP contribution in [-0.2, 0) is 6.42 Å². The number of imidazole rings is 1. The number of nitrogens with zero attached hydrogens (tertiary/aromatic N) is 4. The maximum absolute atomic E-state index is 10.5. The smallest absolute Gasteiger partial charge is 0.109 e. The van der Waals surface area contributed by atoms with Gasteiger partial charge in [0.2, 0.25) is 0 Å². The summed E-state index contributed by atoms with van der Waals surface area (Å²) in [5.74, 6) is 1.16. The van der Waals surface area contributed by atoms with Crippen molar-refractivity contribution >= 4 is 32.6 Å². The maximum atomic E-state index is 10.5. The summed E-state index contributed by atoms with van der Waals surface area (Å²) in [6.07, 6.45) is 5.32. The van der Waals surface area contributed by atoms with Crippen molar-refractivity contribution in [2.75, 3.05) is 0 Å². The molecule has 3 heterocycles. The summed E-state index contributed by atoms with van der Waals surface area (Å²) in [7, 11) is 0. The quantitative estimate of drug-likeness (QED) is 0.786. The van der Waals surface area contributed by atoms with Gasteiger partial charge in [0.25, 0.3) is 0 Å². The molecule has 6 heteroatoms. The van der Waals surface area contributed by atoms with E-state index in [2.05, 4.69) is 27.9 Å². The molecule has 24 heavy (non-hydrogen) atoms. The highest BCUT2D eigenvalue weighted by Crippen LogP contribution is 2.39. The highest BCUT2D eigenvalue weighted by atomic mass is 32.1. The van der Waals surface area contributed by atoms with Crippen LogP contribution in [0, 0.1) is 17.2 Å². The van der Waals surface area contributed by atoms with E-state index in [1.807, 2.05) is 12.3 Å². The first-order chi connectivity index (χ1) is 11.7. The molecule has 0 aromatic carbocycles. The Bertz CT molecular complexity index is 922. The lowest BCUT2D eigenvalue weighted by molar-refractivity contribution is 0.0500. The molecule has 124 valence electrons. The van der Waals surface area contributed by atoms with Crippen LogP contribution in [0.4, 0.5) is 0 Å². The van der Waals surface area contributed by atoms with Crippen molar-refractivity contribution in [3.05, 3.63) is 23.5 Å². The van der Waals surface area contributed by atoms with Crippen molar-refractivity contribution < 1.29 is 5.11 Å². The Balaban J connectivity index is 1.81. The van der Waals surface area contributed by atoms with Crippen LogP contribution in [0.2, 0.25) is 0 Å². The Hall–Kier alpha value is -1.97. The molecule has 5 nitrogen and oxygen atoms in total. The molecule has 4 rings (SSSR count). The van der Waals surface area contributed by atoms with Gasteiger partial charge in [-0.25, -0.2) is 4.98 Å². The van der Waals surface area contributed by atoms with Gasteiger partial charge in [0.1, 0.15) is 11.3 Å². The Labute approximate surface area is 144 Å². The summed E-state index contributed by atoms with van der Waals surface area (Å²) in [4.78, 5) is 9.29. The molecular weight excluding hydrogens is 320 g/mol. The number of hydrogen-bond donors (Lipinski definition) is 1. The SMILES string of the molecule is CCc1nc2cnc3ccsc3c2n1[C@H]1CC[C@H](CC#N)[C@H](O)C1. The van der Waals surface area contributed by atoms with E-state index < -0.39 is 6.10 Å². The van der Waals surface area contributed by atoms with Crippen LogP contribution in [0.15, 0.2) is 17.6 Å². The summed E-state index contributed by atoms with van der Waals surface area (Å²) >= 11 is 1.70. The summed E-state index contributed by atoms with van der Waals surface area (Å²) in [6, 6.07) is 4.49. The minimum atomic E-state index is -0.411. The molecule has 1 aliphatic carbocycles. The zero-order valence-electron chi connectivity index (χ0n) is 13.6. The second-order valence-corrected chi connectivity index (χ2v) is 7.45. The van der Waals surface area contributed by atoms with E-state index in [0.717, 1.165) is 41.6 Å². The van der Waals surface area contributed by atoms with Crippen LogP contribution in [0.3, 0.4) is 0 Å². The number of aliphatic hydroxyl groups is 1. The zero-order valence-corrected chi connectivity index (χ0v) is 14.5. The summed E-state index contributed by atoms with van der Waals surface area (Å²) in [5, 5.41) is 21.5. The number of aromatic nitrogens is 3. The fourth-order valence-corrected chi connectivity index (χ4v) is 4.84. The Kier molecular flexibility index (Phi) is 3.99. The third-order valence-corrected chi connectivity index (χ3v) is 6.07. The average molecular weight is 340 g/mol. The van der Waals surface area contributed by atoms with Crippen molar-refractivity contribution in [3.8, 4) is 6.07 Å². The standard InChI is InChI=1S/C18H20N4OS/c1-2-16-21-14-10-20-13-6-8-24-18(13)17(14)22(16)12-4-3-11(5-7-19)15(23)9-12/h6,8,10-12,15,23H,2-5,9H2,1H3/t11-,12+,15-/m1/s1. The number of fused-ring (bicyclic) bond motifs is 3. The lowest BCUT2D eigenvalue weighted by Crippen LogP contribution is -2.31. The molecule has 1 N–H and O–H groups in total. The molecule has 0 bridgehead atoms. The fourth-order valence-electron chi connectivity index (χ4n) is 3.95. The normalized spacial score (nSPS) is 24.5. The van der Waals surface area contributed by atoms with E-state index in [0.29, 0.717) is 12.8 Å². The number of nitriles is 1. The lowest BCUT2D eigenvalue weighted by atomic mass is 9.82. The van der Waals surface area contributed by atoms with E-state index in [4.69, 9.17) is 10.2 Å². The molecule has 0 radical (unpaired) electrons. The summed E-state index contributed by atoms with van der Waals surface area (Å²) in [5.41, 5.74) is 3.10. The van der Waals surface area contributed by atoms with Gasteiger partial charge in [0.15, 0.2) is 0 Å². The zero-order chi connectivity index (χ0) is 16.7. The minimum absolute atomic E-state index is 0.106. The summed E-state index contributed by atoms with van der Waals surface area (Å²) in [6.45, 7) is 2.12. The molecule has 0 amide bonds. The van der Waals surface area contributed by atoms with E-state index in [-0.39, 0.29) is 12.0 Å². The van der Waals surface area contributed by atoms with Crippen LogP contribution in [0.5, 0.6) is 0 Å². The van der Waals surface area contributed by atoms with E-state index in [1.165, 1.54) is 4.70 Å². The Morgan fingerprint density at radius 2 is 2.29 bits per heavy atom. The van der Waals surface area contributed by atoms with Crippen molar-refractivity contribution in [3.63, 3.8) is 0 Å². The third kappa shape index (κ3) is 2.40. The lowest BCUT2D eigenvalue weighted by Gasteiger charge is -2.33. The van der Waals surface area contributed by atoms with Crippen molar-refractivity contribution in [1.29, 1.82) is 5.26 Å². The second kappa shape index (κ2) is 6.15. The van der Waals surface area contributed by atoms with Gasteiger partial charge in [-0.3, -0.25) is 4.98 Å². The predicted molar refractivity (Wildman–Crippen MR) is 94.9 cm³/mol. The fraction of sp³-hybridized carbons (Fsp3) is 0.500. The van der Waals surface area contributed by atoms with E-state index in [9.17, 15) is 5.11 Å². The minimum Gasteiger partial charge on any atom is -0.393 e. The van der Waals surface area contributed by atoms with Gasteiger partial charge >= 0.3 is 0 Å². The Morgan fingerprint density at radius 1 is 1.42 bits per heavy atom. The van der Waals surface area contributed by atoms with Crippen LogP contribution in [0.1, 0.15) is 44.5 Å². The first-order valence-corrected chi connectivity index (χ1v) is 9.39. The average Bonchev–Trinajstić information content (AvgIpc) is 3.19. The first kappa shape index (κ1) is 15.6. The number of aliphatic hydroxyl groups excluding tert-OH is 1. The molecule has 0 saturated heterocycles. The number of rotatable bonds is 3. The third-order valence-electron chi connectivity index (χ3n) is 5.16. The molecule has 1 aliphatic rings. The molecule has 0 aliphatic heterocycles. The molecule has 3 atom stereocenters. The second-order valence-electron chi connectivity index (χ2n) is 6.54. The number of pyridine rings is 1. The molecule has 1 fully saturated rings. The highest BCUT2D eigenvalue weighted by molar-refractivity contribution is 7.18. The number of hydrogen-bond acceptors (Lipinski definition) is 5. The maximum Gasteiger partial charge on any atom is 0.109 e. The molecule has 0 unspecified atom stereocenters. The predicted octanol–water partition coefficient (Wildman–Crippen LogP) is 3.82. The van der Waals surface area contributed by atoms with Crippen molar-refractivity contribution in [2.24, 2.45) is 5.92 Å². The molecule has 0 spiro atoms. The monoisotopic (exact) mass is 340 g/mol. The van der Waals surface area contributed by atoms with Gasteiger partial charge in [-0.2, -0.15) is 5.26 Å². The largest absolute Gasteiger partial charge is 0.393 e. The molecule has 3 aromatic heterocycles. The van der Waals surface area contributed by atoms with Gasteiger partial charge in [-0.1, -0.05) is 6.92 Å². The summed E-state index contributed by atoms with van der Waals surface area (Å²) < 4.78 is 3.51. The molecular formula is C18H20N4OS. The van der Waals surface area contributed by atoms with E-state index in [1.54, 1.807) is 11.3 Å². The van der Waals surface area contributed by atoms with Crippen LogP contribution < -0.4 is 0 Å². The van der Waals surface area contributed by atoms with Crippen molar-refractivity contribution in [2.45, 2.75) is 51.2 Å². The number of thiophene rings is 1. The van der Waals surface area contributed by atoms with E-state index >= 15 is 0 Å².